The van der Waals surface area contributed by atoms with E-state index in [-0.39, 0.29) is 26.2 Å². The van der Waals surface area contributed by atoms with Crippen LogP contribution in [0, 0.1) is 0 Å². The van der Waals surface area contributed by atoms with Crippen molar-refractivity contribution >= 4 is 18.3 Å². The van der Waals surface area contributed by atoms with E-state index in [1.807, 2.05) is 78.9 Å². The number of carbonyl (C=O) groups is 3. The van der Waals surface area contributed by atoms with Crippen LogP contribution in [0.3, 0.4) is 0 Å². The summed E-state index contributed by atoms with van der Waals surface area (Å²) >= 11 is 0. The van der Waals surface area contributed by atoms with Crippen molar-refractivity contribution in [1.29, 1.82) is 0 Å². The molecule has 0 radical (unpaired) electrons. The smallest absolute Gasteiger partial charge is 0.410 e. The molecule has 3 aromatic rings. The minimum absolute atomic E-state index is 0.0908. The summed E-state index contributed by atoms with van der Waals surface area (Å²) in [5.41, 5.74) is 1.97. The predicted molar refractivity (Wildman–Crippen MR) is 178 cm³/mol. The lowest BCUT2D eigenvalue weighted by molar-refractivity contribution is 0.0442. The molecule has 0 aliphatic heterocycles. The summed E-state index contributed by atoms with van der Waals surface area (Å²) < 4.78 is 21.8. The van der Waals surface area contributed by atoms with Gasteiger partial charge in [-0.3, -0.25) is 4.90 Å². The Bertz CT molecular complexity index is 1340. The first-order valence-corrected chi connectivity index (χ1v) is 15.6. The molecule has 11 nitrogen and oxygen atoms in total. The molecule has 0 aliphatic rings. The van der Waals surface area contributed by atoms with E-state index >= 15 is 0 Å². The first-order valence-electron chi connectivity index (χ1n) is 15.6. The lowest BCUT2D eigenvalue weighted by Crippen LogP contribution is -2.43. The fourth-order valence-corrected chi connectivity index (χ4v) is 4.76. The second-order valence-corrected chi connectivity index (χ2v) is 12.2. The fraction of sp³-hybridized carbons (Fsp3) is 0.417. The van der Waals surface area contributed by atoms with Crippen LogP contribution in [0.25, 0.3) is 0 Å². The zero-order valence-corrected chi connectivity index (χ0v) is 27.9. The standard InChI is InChI=1S/C36H47N3O8/c1-36(2,3)47-33(40)37-30(13-9-10-22-38(34(41)42)23-27-11-7-6-8-12-27)26-46-35(43)39(24-28-14-18-31(44-4)19-15-28)25-29-16-20-32(45-5)21-17-29/h6-8,11-12,14-21,30H,9-10,13,22-26H2,1-5H3,(H,37,40)(H,41,42). The van der Waals surface area contributed by atoms with Gasteiger partial charge in [0.15, 0.2) is 0 Å². The number of carboxylic acid groups (broad SMARTS) is 1. The van der Waals surface area contributed by atoms with Gasteiger partial charge in [-0.05, 0) is 81.0 Å². The third-order valence-electron chi connectivity index (χ3n) is 7.17. The van der Waals surface area contributed by atoms with E-state index in [0.29, 0.717) is 37.3 Å². The van der Waals surface area contributed by atoms with E-state index in [4.69, 9.17) is 18.9 Å². The molecule has 0 bridgehead atoms. The van der Waals surface area contributed by atoms with Crippen LogP contribution in [-0.2, 0) is 29.1 Å². The summed E-state index contributed by atoms with van der Waals surface area (Å²) in [6, 6.07) is 23.7. The van der Waals surface area contributed by atoms with Gasteiger partial charge in [0.25, 0.3) is 0 Å². The van der Waals surface area contributed by atoms with Gasteiger partial charge >= 0.3 is 18.3 Å². The van der Waals surface area contributed by atoms with Crippen LogP contribution in [0.1, 0.15) is 56.7 Å². The van der Waals surface area contributed by atoms with Crippen molar-refractivity contribution < 1.29 is 38.4 Å². The molecular formula is C36H47N3O8. The summed E-state index contributed by atoms with van der Waals surface area (Å²) in [6.07, 6.45) is -0.586. The molecule has 3 rings (SSSR count). The molecule has 0 aliphatic carbocycles. The van der Waals surface area contributed by atoms with Gasteiger partial charge < -0.3 is 34.3 Å². The third kappa shape index (κ3) is 13.5. The Morgan fingerprint density at radius 1 is 0.745 bits per heavy atom. The minimum atomic E-state index is -1.000. The summed E-state index contributed by atoms with van der Waals surface area (Å²) in [4.78, 5) is 41.0. The van der Waals surface area contributed by atoms with E-state index in [1.165, 1.54) is 4.90 Å². The lowest BCUT2D eigenvalue weighted by Gasteiger charge is -2.26. The number of benzene rings is 3. The molecule has 254 valence electrons. The van der Waals surface area contributed by atoms with Crippen LogP contribution >= 0.6 is 0 Å². The molecule has 0 fully saturated rings. The molecule has 0 aromatic heterocycles. The Balaban J connectivity index is 1.67. The van der Waals surface area contributed by atoms with Gasteiger partial charge in [-0.2, -0.15) is 0 Å². The van der Waals surface area contributed by atoms with Crippen LogP contribution in [0.2, 0.25) is 0 Å². The number of nitrogens with zero attached hydrogens (tertiary/aromatic N) is 2. The van der Waals surface area contributed by atoms with Crippen molar-refractivity contribution in [1.82, 2.24) is 15.1 Å². The molecule has 2 N–H and O–H groups in total. The molecule has 0 spiro atoms. The van der Waals surface area contributed by atoms with E-state index in [1.54, 1.807) is 39.9 Å². The van der Waals surface area contributed by atoms with Gasteiger partial charge in [-0.15, -0.1) is 0 Å². The average Bonchev–Trinajstić information content (AvgIpc) is 3.04. The van der Waals surface area contributed by atoms with Crippen LogP contribution in [0.5, 0.6) is 11.5 Å². The van der Waals surface area contributed by atoms with Gasteiger partial charge in [0.05, 0.1) is 20.3 Å². The Morgan fingerprint density at radius 3 is 1.74 bits per heavy atom. The van der Waals surface area contributed by atoms with Gasteiger partial charge in [0.1, 0.15) is 23.7 Å². The molecule has 0 saturated carbocycles. The van der Waals surface area contributed by atoms with E-state index in [0.717, 1.165) is 16.7 Å². The normalized spacial score (nSPS) is 11.6. The molecule has 47 heavy (non-hydrogen) atoms. The largest absolute Gasteiger partial charge is 0.497 e. The second-order valence-electron chi connectivity index (χ2n) is 12.2. The number of amides is 3. The van der Waals surface area contributed by atoms with Crippen molar-refractivity contribution in [3.8, 4) is 11.5 Å². The third-order valence-corrected chi connectivity index (χ3v) is 7.17. The second kappa shape index (κ2) is 18.3. The maximum absolute atomic E-state index is 13.5. The van der Waals surface area contributed by atoms with Gasteiger partial charge in [0.2, 0.25) is 0 Å². The van der Waals surface area contributed by atoms with Crippen molar-refractivity contribution in [2.24, 2.45) is 0 Å². The van der Waals surface area contributed by atoms with Gasteiger partial charge in [-0.25, -0.2) is 14.4 Å². The van der Waals surface area contributed by atoms with Crippen LogP contribution in [0.4, 0.5) is 14.4 Å². The zero-order chi connectivity index (χ0) is 34.2. The van der Waals surface area contributed by atoms with Crippen LogP contribution in [-0.4, -0.2) is 72.2 Å². The number of unbranched alkanes of at least 4 members (excludes halogenated alkanes) is 1. The number of alkyl carbamates (subject to hydrolysis) is 1. The highest BCUT2D eigenvalue weighted by Crippen LogP contribution is 2.18. The number of methoxy groups -OCH3 is 2. The Hall–Kier alpha value is -4.93. The molecule has 3 amide bonds. The molecular weight excluding hydrogens is 602 g/mol. The predicted octanol–water partition coefficient (Wildman–Crippen LogP) is 7.09. The van der Waals surface area contributed by atoms with Crippen molar-refractivity contribution in [3.05, 3.63) is 95.6 Å². The quantitative estimate of drug-likeness (QED) is 0.158. The first-order chi connectivity index (χ1) is 22.5. The van der Waals surface area contributed by atoms with E-state index < -0.39 is 29.9 Å². The van der Waals surface area contributed by atoms with E-state index in [2.05, 4.69) is 5.32 Å². The molecule has 11 heteroatoms. The number of rotatable bonds is 16. The van der Waals surface area contributed by atoms with Crippen LogP contribution in [0.15, 0.2) is 78.9 Å². The maximum atomic E-state index is 13.5. The molecule has 1 unspecified atom stereocenters. The summed E-state index contributed by atoms with van der Waals surface area (Å²) in [5, 5.41) is 12.5. The average molecular weight is 650 g/mol. The monoisotopic (exact) mass is 649 g/mol. The number of nitrogens with one attached hydrogen (secondary N) is 1. The molecule has 1 atom stereocenters. The zero-order valence-electron chi connectivity index (χ0n) is 27.9. The summed E-state index contributed by atoms with van der Waals surface area (Å²) in [7, 11) is 3.19. The first kappa shape index (κ1) is 36.5. The fourth-order valence-electron chi connectivity index (χ4n) is 4.76. The van der Waals surface area contributed by atoms with Crippen molar-refractivity contribution in [2.45, 2.75) is 71.3 Å². The number of carbonyl (C=O) groups excluding carboxylic acids is 2. The highest BCUT2D eigenvalue weighted by molar-refractivity contribution is 5.69. The minimum Gasteiger partial charge on any atom is -0.497 e. The van der Waals surface area contributed by atoms with E-state index in [9.17, 15) is 19.5 Å². The van der Waals surface area contributed by atoms with Crippen molar-refractivity contribution in [2.75, 3.05) is 27.4 Å². The summed E-state index contributed by atoms with van der Waals surface area (Å²) in [5.74, 6) is 1.42. The summed E-state index contributed by atoms with van der Waals surface area (Å²) in [6.45, 7) is 6.39. The number of hydrogen-bond acceptors (Lipinski definition) is 7. The Kier molecular flexibility index (Phi) is 14.2. The Morgan fingerprint density at radius 2 is 1.26 bits per heavy atom. The SMILES string of the molecule is COc1ccc(CN(Cc2ccc(OC)cc2)C(=O)OCC(CCCCN(Cc2ccccc2)C(=O)O)NC(=O)OC(C)(C)C)cc1. The Labute approximate surface area is 277 Å². The number of ether oxygens (including phenoxy) is 4. The molecule has 3 aromatic carbocycles. The van der Waals surface area contributed by atoms with Gasteiger partial charge in [-0.1, -0.05) is 54.6 Å². The topological polar surface area (TPSA) is 127 Å². The molecule has 0 saturated heterocycles. The number of hydrogen-bond donors (Lipinski definition) is 2. The highest BCUT2D eigenvalue weighted by atomic mass is 16.6. The molecule has 0 heterocycles. The van der Waals surface area contributed by atoms with Crippen LogP contribution < -0.4 is 14.8 Å². The van der Waals surface area contributed by atoms with Crippen molar-refractivity contribution in [3.63, 3.8) is 0 Å². The highest BCUT2D eigenvalue weighted by Gasteiger charge is 2.23. The maximum Gasteiger partial charge on any atom is 0.410 e. The van der Waals surface area contributed by atoms with Gasteiger partial charge in [0, 0.05) is 26.2 Å². The lowest BCUT2D eigenvalue weighted by atomic mass is 10.1.